The van der Waals surface area contributed by atoms with Crippen LogP contribution in [-0.2, 0) is 19.1 Å². The summed E-state index contributed by atoms with van der Waals surface area (Å²) in [7, 11) is 0. The number of hydrogen-bond acceptors (Lipinski definition) is 11. The zero-order valence-corrected chi connectivity index (χ0v) is 36.2. The second-order valence-corrected chi connectivity index (χ2v) is 19.7. The summed E-state index contributed by atoms with van der Waals surface area (Å²) in [5.41, 5.74) is 0.494. The van der Waals surface area contributed by atoms with Gasteiger partial charge in [-0.1, -0.05) is 6.42 Å². The number of carbonyl (C=O) groups is 4. The zero-order chi connectivity index (χ0) is 40.7. The van der Waals surface area contributed by atoms with E-state index in [0.717, 1.165) is 69.3 Å². The van der Waals surface area contributed by atoms with E-state index in [-0.39, 0.29) is 29.7 Å². The van der Waals surface area contributed by atoms with E-state index in [2.05, 4.69) is 36.0 Å². The Hall–Kier alpha value is -3.94. The van der Waals surface area contributed by atoms with Gasteiger partial charge in [-0.3, -0.25) is 9.59 Å². The number of piperazine rings is 2. The van der Waals surface area contributed by atoms with Gasteiger partial charge in [0.05, 0.1) is 11.1 Å². The zero-order valence-electron chi connectivity index (χ0n) is 34.6. The van der Waals surface area contributed by atoms with E-state index in [1.165, 1.54) is 32.1 Å². The number of anilines is 3. The first kappa shape index (κ1) is 41.2. The van der Waals surface area contributed by atoms with E-state index in [9.17, 15) is 19.2 Å². The molecule has 1 N–H and O–H groups in total. The maximum absolute atomic E-state index is 12.8. The van der Waals surface area contributed by atoms with Gasteiger partial charge in [0.25, 0.3) is 0 Å². The molecule has 1 spiro atoms. The van der Waals surface area contributed by atoms with Crippen LogP contribution in [0.4, 0.5) is 17.5 Å². The van der Waals surface area contributed by atoms with Crippen molar-refractivity contribution in [2.45, 2.75) is 117 Å². The van der Waals surface area contributed by atoms with Crippen LogP contribution in [0.15, 0.2) is 28.9 Å². The minimum absolute atomic E-state index is 0.257. The largest absolute Gasteiger partial charge is 0.456 e. The first-order valence-electron chi connectivity index (χ1n) is 20.9. The fourth-order valence-electron chi connectivity index (χ4n) is 8.18. The lowest BCUT2D eigenvalue weighted by atomic mass is 9.54. The van der Waals surface area contributed by atoms with Crippen molar-refractivity contribution >= 4 is 57.1 Å². The summed E-state index contributed by atoms with van der Waals surface area (Å²) in [6.07, 6.45) is 10.6. The third kappa shape index (κ3) is 10.8. The van der Waals surface area contributed by atoms with Gasteiger partial charge in [0.1, 0.15) is 33.3 Å². The van der Waals surface area contributed by atoms with Gasteiger partial charge in [-0.25, -0.2) is 19.6 Å². The van der Waals surface area contributed by atoms with Crippen molar-refractivity contribution < 1.29 is 28.7 Å². The molecule has 2 aromatic heterocycles. The van der Waals surface area contributed by atoms with E-state index >= 15 is 0 Å². The first-order valence-corrected chi connectivity index (χ1v) is 21.7. The highest BCUT2D eigenvalue weighted by Crippen LogP contribution is 2.56. The molecule has 8 rings (SSSR count). The quantitative estimate of drug-likeness (QED) is 0.225. The molecule has 4 saturated carbocycles. The Morgan fingerprint density at radius 1 is 0.667 bits per heavy atom. The van der Waals surface area contributed by atoms with Gasteiger partial charge in [-0.05, 0) is 139 Å². The number of nitrogens with zero attached hydrogens (tertiary/aromatic N) is 6. The molecule has 0 aromatic carbocycles. The third-order valence-electron chi connectivity index (χ3n) is 11.7. The monoisotopic (exact) mass is 849 g/mol. The van der Waals surface area contributed by atoms with Gasteiger partial charge < -0.3 is 34.4 Å². The maximum atomic E-state index is 12.8. The number of ether oxygens (including phenoxy) is 2. The van der Waals surface area contributed by atoms with E-state index in [0.29, 0.717) is 59.3 Å². The Balaban J connectivity index is 0.000000180. The smallest absolute Gasteiger partial charge is 0.338 e. The van der Waals surface area contributed by atoms with Gasteiger partial charge in [-0.2, -0.15) is 0 Å². The SMILES string of the molecule is CC(C)(C)OC(=O)c1cc(Br)nc(N2CCN(C(=O)C3CC3)CC2)c1.CC(C)(C)OC(=O)c1cc(NC2CC3(CCC3)C2)nc(N2CCN(C(=O)C3CC3)CC2)c1. The summed E-state index contributed by atoms with van der Waals surface area (Å²) >= 11 is 3.38. The van der Waals surface area contributed by atoms with E-state index in [4.69, 9.17) is 14.5 Å². The van der Waals surface area contributed by atoms with Crippen molar-refractivity contribution in [3.63, 3.8) is 0 Å². The molecule has 13 nitrogen and oxygen atoms in total. The van der Waals surface area contributed by atoms with E-state index < -0.39 is 11.2 Å². The number of rotatable bonds is 8. The lowest BCUT2D eigenvalue weighted by Gasteiger charge is -2.54. The second-order valence-electron chi connectivity index (χ2n) is 18.9. The van der Waals surface area contributed by atoms with Gasteiger partial charge in [0, 0.05) is 70.2 Å². The molecule has 4 heterocycles. The van der Waals surface area contributed by atoms with Crippen molar-refractivity contribution in [2.24, 2.45) is 17.3 Å². The predicted molar refractivity (Wildman–Crippen MR) is 222 cm³/mol. The molecule has 2 saturated heterocycles. The van der Waals surface area contributed by atoms with E-state index in [1.54, 1.807) is 12.1 Å². The van der Waals surface area contributed by atoms with Crippen LogP contribution in [0, 0.1) is 17.3 Å². The minimum atomic E-state index is -0.548. The molecule has 0 bridgehead atoms. The third-order valence-corrected chi connectivity index (χ3v) is 12.1. The summed E-state index contributed by atoms with van der Waals surface area (Å²) in [5.74, 6) is 2.69. The van der Waals surface area contributed by atoms with Crippen LogP contribution in [0.1, 0.15) is 120 Å². The first-order chi connectivity index (χ1) is 26.9. The van der Waals surface area contributed by atoms with Gasteiger partial charge in [-0.15, -0.1) is 0 Å². The van der Waals surface area contributed by atoms with Crippen LogP contribution < -0.4 is 15.1 Å². The summed E-state index contributed by atoms with van der Waals surface area (Å²) in [6.45, 7) is 16.9. The molecule has 0 radical (unpaired) electrons. The second kappa shape index (κ2) is 16.4. The molecule has 6 fully saturated rings. The van der Waals surface area contributed by atoms with Gasteiger partial charge in [0.15, 0.2) is 0 Å². The summed E-state index contributed by atoms with van der Waals surface area (Å²) < 4.78 is 11.7. The van der Waals surface area contributed by atoms with Crippen molar-refractivity contribution in [3.05, 3.63) is 40.0 Å². The van der Waals surface area contributed by atoms with Crippen LogP contribution in [0.2, 0.25) is 0 Å². The molecule has 14 heteroatoms. The number of esters is 2. The van der Waals surface area contributed by atoms with Crippen LogP contribution in [0.5, 0.6) is 0 Å². The minimum Gasteiger partial charge on any atom is -0.456 e. The van der Waals surface area contributed by atoms with Gasteiger partial charge in [0.2, 0.25) is 11.8 Å². The van der Waals surface area contributed by atoms with E-state index in [1.807, 2.05) is 63.5 Å². The number of hydrogen-bond donors (Lipinski definition) is 1. The molecular weight excluding hydrogens is 790 g/mol. The molecule has 0 unspecified atom stereocenters. The highest BCUT2D eigenvalue weighted by atomic mass is 79.9. The maximum Gasteiger partial charge on any atom is 0.338 e. The standard InChI is InChI=1S/C25H36N4O3.C18H24BrN3O3/c1-24(2,3)32-23(31)18-13-20(26-19-15-25(16-19)7-4-8-25)27-21(14-18)28-9-11-29(12-10-28)22(30)17-5-6-17;1-18(2,3)25-17(24)13-10-14(19)20-15(11-13)21-6-8-22(9-7-21)16(23)12-4-5-12/h13-14,17,19H,4-12,15-16H2,1-3H3,(H,26,27);10-12H,4-9H2,1-3H3. The molecule has 310 valence electrons. The van der Waals surface area contributed by atoms with Crippen molar-refractivity contribution in [3.8, 4) is 0 Å². The number of amides is 2. The molecule has 2 aromatic rings. The Labute approximate surface area is 345 Å². The van der Waals surface area contributed by atoms with Crippen molar-refractivity contribution in [1.82, 2.24) is 19.8 Å². The average molecular weight is 851 g/mol. The lowest BCUT2D eigenvalue weighted by Crippen LogP contribution is -2.50. The normalized spacial score (nSPS) is 20.8. The molecule has 0 atom stereocenters. The number of pyridine rings is 2. The summed E-state index contributed by atoms with van der Waals surface area (Å²) in [4.78, 5) is 67.3. The Bertz CT molecular complexity index is 1820. The Morgan fingerprint density at radius 2 is 1.11 bits per heavy atom. The van der Waals surface area contributed by atoms with Crippen LogP contribution in [-0.4, -0.2) is 113 Å². The van der Waals surface area contributed by atoms with Crippen LogP contribution in [0.25, 0.3) is 0 Å². The lowest BCUT2D eigenvalue weighted by molar-refractivity contribution is -0.133. The highest BCUT2D eigenvalue weighted by Gasteiger charge is 2.48. The van der Waals surface area contributed by atoms with Crippen LogP contribution >= 0.6 is 15.9 Å². The molecule has 4 aliphatic carbocycles. The Kier molecular flexibility index (Phi) is 11.8. The van der Waals surface area contributed by atoms with Gasteiger partial charge >= 0.3 is 11.9 Å². The predicted octanol–water partition coefficient (Wildman–Crippen LogP) is 6.70. The molecule has 2 aliphatic heterocycles. The average Bonchev–Trinajstić information content (AvgIpc) is 4.05. The molecular formula is C43H60BrN7O6. The summed E-state index contributed by atoms with van der Waals surface area (Å²) in [6, 6.07) is 7.53. The number of aromatic nitrogens is 2. The summed E-state index contributed by atoms with van der Waals surface area (Å²) in [5, 5.41) is 3.58. The fourth-order valence-corrected chi connectivity index (χ4v) is 8.61. The van der Waals surface area contributed by atoms with Crippen LogP contribution in [0.3, 0.4) is 0 Å². The fraction of sp³-hybridized carbons (Fsp3) is 0.674. The molecule has 2 amide bonds. The highest BCUT2D eigenvalue weighted by molar-refractivity contribution is 9.10. The topological polar surface area (TPSA) is 138 Å². The van der Waals surface area contributed by atoms with Crippen molar-refractivity contribution in [2.75, 3.05) is 67.5 Å². The molecule has 57 heavy (non-hydrogen) atoms. The number of carbonyl (C=O) groups excluding carboxylic acids is 4. The number of nitrogens with one attached hydrogen (secondary N) is 1. The Morgan fingerprint density at radius 3 is 1.51 bits per heavy atom. The van der Waals surface area contributed by atoms with Crippen molar-refractivity contribution in [1.29, 1.82) is 0 Å². The number of halogens is 1. The molecule has 6 aliphatic rings.